The second-order valence-corrected chi connectivity index (χ2v) is 5.27. The van der Waals surface area contributed by atoms with Crippen LogP contribution in [0.15, 0.2) is 0 Å². The number of rotatable bonds is 3. The molecule has 0 saturated carbocycles. The predicted octanol–water partition coefficient (Wildman–Crippen LogP) is 2.20. The van der Waals surface area contributed by atoms with Crippen molar-refractivity contribution in [3.05, 3.63) is 5.28 Å². The zero-order valence-corrected chi connectivity index (χ0v) is 10.8. The molecular formula is C10H18ClN5. The molecule has 0 radical (unpaired) electrons. The van der Waals surface area contributed by atoms with E-state index in [9.17, 15) is 0 Å². The second kappa shape index (κ2) is 4.82. The number of hydrogen-bond acceptors (Lipinski definition) is 5. The van der Waals surface area contributed by atoms with E-state index in [0.29, 0.717) is 11.9 Å². The zero-order chi connectivity index (χ0) is 12.3. The molecule has 0 bridgehead atoms. The molecule has 0 aliphatic heterocycles. The molecule has 1 aromatic rings. The normalized spacial score (nSPS) is 13.6. The second-order valence-electron chi connectivity index (χ2n) is 4.93. The molecule has 0 aliphatic rings. The minimum atomic E-state index is 0.110. The van der Waals surface area contributed by atoms with Gasteiger partial charge >= 0.3 is 0 Å². The third kappa shape index (κ3) is 3.81. The molecular weight excluding hydrogens is 226 g/mol. The fourth-order valence-corrected chi connectivity index (χ4v) is 1.16. The molecule has 1 atom stereocenters. The maximum absolute atomic E-state index is 5.67. The Hall–Kier alpha value is -1.10. The molecule has 0 fully saturated rings. The van der Waals surface area contributed by atoms with Crippen LogP contribution in [0, 0.1) is 11.3 Å². The Labute approximate surface area is 101 Å². The van der Waals surface area contributed by atoms with E-state index in [1.54, 1.807) is 0 Å². The quantitative estimate of drug-likeness (QED) is 0.851. The van der Waals surface area contributed by atoms with Gasteiger partial charge in [-0.3, -0.25) is 0 Å². The molecule has 5 nitrogen and oxygen atoms in total. The van der Waals surface area contributed by atoms with Gasteiger partial charge in [0.2, 0.25) is 17.2 Å². The lowest BCUT2D eigenvalue weighted by Gasteiger charge is -2.27. The Bertz CT molecular complexity index is 340. The summed E-state index contributed by atoms with van der Waals surface area (Å²) in [5.41, 5.74) is 5.70. The SMILES string of the molecule is CC(CNc1nc(N)nc(Cl)n1)C(C)(C)C. The lowest BCUT2D eigenvalue weighted by Crippen LogP contribution is -2.25. The number of nitrogen functional groups attached to an aromatic ring is 1. The van der Waals surface area contributed by atoms with E-state index < -0.39 is 0 Å². The van der Waals surface area contributed by atoms with Gasteiger partial charge in [-0.05, 0) is 22.9 Å². The van der Waals surface area contributed by atoms with Crippen LogP contribution in [0.3, 0.4) is 0 Å². The van der Waals surface area contributed by atoms with E-state index >= 15 is 0 Å². The molecule has 16 heavy (non-hydrogen) atoms. The van der Waals surface area contributed by atoms with Crippen molar-refractivity contribution >= 4 is 23.5 Å². The first-order chi connectivity index (χ1) is 7.29. The van der Waals surface area contributed by atoms with Crippen LogP contribution in [-0.4, -0.2) is 21.5 Å². The summed E-state index contributed by atoms with van der Waals surface area (Å²) in [5.74, 6) is 1.03. The van der Waals surface area contributed by atoms with Crippen molar-refractivity contribution in [3.63, 3.8) is 0 Å². The van der Waals surface area contributed by atoms with Gasteiger partial charge in [0.1, 0.15) is 0 Å². The highest BCUT2D eigenvalue weighted by atomic mass is 35.5. The van der Waals surface area contributed by atoms with E-state index in [1.165, 1.54) is 0 Å². The van der Waals surface area contributed by atoms with E-state index in [2.05, 4.69) is 48.0 Å². The van der Waals surface area contributed by atoms with Crippen LogP contribution in [0.2, 0.25) is 5.28 Å². The van der Waals surface area contributed by atoms with Crippen LogP contribution < -0.4 is 11.1 Å². The Balaban J connectivity index is 2.61. The van der Waals surface area contributed by atoms with Gasteiger partial charge in [-0.15, -0.1) is 0 Å². The molecule has 0 saturated heterocycles. The van der Waals surface area contributed by atoms with Gasteiger partial charge in [0.15, 0.2) is 0 Å². The first-order valence-electron chi connectivity index (χ1n) is 5.20. The highest BCUT2D eigenvalue weighted by Gasteiger charge is 2.19. The van der Waals surface area contributed by atoms with Crippen molar-refractivity contribution in [3.8, 4) is 0 Å². The number of anilines is 2. The summed E-state index contributed by atoms with van der Waals surface area (Å²) in [7, 11) is 0. The van der Waals surface area contributed by atoms with E-state index in [4.69, 9.17) is 17.3 Å². The fraction of sp³-hybridized carbons (Fsp3) is 0.700. The highest BCUT2D eigenvalue weighted by molar-refractivity contribution is 6.28. The average Bonchev–Trinajstić information content (AvgIpc) is 2.11. The number of aromatic nitrogens is 3. The predicted molar refractivity (Wildman–Crippen MR) is 66.4 cm³/mol. The minimum absolute atomic E-state index is 0.110. The molecule has 1 unspecified atom stereocenters. The monoisotopic (exact) mass is 243 g/mol. The van der Waals surface area contributed by atoms with Crippen molar-refractivity contribution in [2.24, 2.45) is 11.3 Å². The summed E-state index contributed by atoms with van der Waals surface area (Å²) >= 11 is 5.67. The largest absolute Gasteiger partial charge is 0.368 e. The Morgan fingerprint density at radius 1 is 1.31 bits per heavy atom. The number of nitrogens with two attached hydrogens (primary N) is 1. The summed E-state index contributed by atoms with van der Waals surface area (Å²) < 4.78 is 0. The Morgan fingerprint density at radius 2 is 1.94 bits per heavy atom. The summed E-state index contributed by atoms with van der Waals surface area (Å²) in [4.78, 5) is 11.6. The smallest absolute Gasteiger partial charge is 0.228 e. The molecule has 90 valence electrons. The number of hydrogen-bond donors (Lipinski definition) is 2. The van der Waals surface area contributed by atoms with Gasteiger partial charge < -0.3 is 11.1 Å². The van der Waals surface area contributed by atoms with Crippen LogP contribution in [-0.2, 0) is 0 Å². The molecule has 0 aromatic carbocycles. The van der Waals surface area contributed by atoms with Gasteiger partial charge in [-0.1, -0.05) is 27.7 Å². The van der Waals surface area contributed by atoms with E-state index in [0.717, 1.165) is 6.54 Å². The minimum Gasteiger partial charge on any atom is -0.368 e. The van der Waals surface area contributed by atoms with Gasteiger partial charge in [0.05, 0.1) is 0 Å². The summed E-state index contributed by atoms with van der Waals surface area (Å²) in [6, 6.07) is 0. The van der Waals surface area contributed by atoms with Gasteiger partial charge in [-0.25, -0.2) is 0 Å². The molecule has 0 amide bonds. The van der Waals surface area contributed by atoms with Crippen LogP contribution in [0.25, 0.3) is 0 Å². The first kappa shape index (κ1) is 13.0. The van der Waals surface area contributed by atoms with Crippen molar-refractivity contribution < 1.29 is 0 Å². The topological polar surface area (TPSA) is 76.7 Å². The van der Waals surface area contributed by atoms with Crippen molar-refractivity contribution in [1.29, 1.82) is 0 Å². The summed E-state index contributed by atoms with van der Waals surface area (Å²) in [6.45, 7) is 9.50. The van der Waals surface area contributed by atoms with E-state index in [-0.39, 0.29) is 16.6 Å². The standard InChI is InChI=1S/C10H18ClN5/c1-6(10(2,3)4)5-13-9-15-7(11)14-8(12)16-9/h6H,5H2,1-4H3,(H3,12,13,14,15,16). The molecule has 1 heterocycles. The van der Waals surface area contributed by atoms with Crippen molar-refractivity contribution in [2.45, 2.75) is 27.7 Å². The molecule has 6 heteroatoms. The first-order valence-corrected chi connectivity index (χ1v) is 5.58. The van der Waals surface area contributed by atoms with Crippen molar-refractivity contribution in [1.82, 2.24) is 15.0 Å². The maximum atomic E-state index is 5.67. The van der Waals surface area contributed by atoms with Gasteiger partial charge in [0.25, 0.3) is 0 Å². The summed E-state index contributed by atoms with van der Waals surface area (Å²) in [6.07, 6.45) is 0. The molecule has 1 rings (SSSR count). The van der Waals surface area contributed by atoms with Crippen molar-refractivity contribution in [2.75, 3.05) is 17.6 Å². The zero-order valence-electron chi connectivity index (χ0n) is 10.1. The Morgan fingerprint density at radius 3 is 2.44 bits per heavy atom. The fourth-order valence-electron chi connectivity index (χ4n) is 0.995. The van der Waals surface area contributed by atoms with Crippen LogP contribution in [0.1, 0.15) is 27.7 Å². The van der Waals surface area contributed by atoms with Crippen LogP contribution in [0.4, 0.5) is 11.9 Å². The number of halogens is 1. The van der Waals surface area contributed by atoms with Crippen LogP contribution in [0.5, 0.6) is 0 Å². The molecule has 1 aromatic heterocycles. The molecule has 0 spiro atoms. The maximum Gasteiger partial charge on any atom is 0.228 e. The number of nitrogens with one attached hydrogen (secondary N) is 1. The lowest BCUT2D eigenvalue weighted by atomic mass is 9.82. The third-order valence-electron chi connectivity index (χ3n) is 2.67. The highest BCUT2D eigenvalue weighted by Crippen LogP contribution is 2.25. The third-order valence-corrected chi connectivity index (χ3v) is 2.84. The van der Waals surface area contributed by atoms with Gasteiger partial charge in [0, 0.05) is 6.54 Å². The number of nitrogens with zero attached hydrogens (tertiary/aromatic N) is 3. The summed E-state index contributed by atoms with van der Waals surface area (Å²) in [5, 5.41) is 3.22. The van der Waals surface area contributed by atoms with Gasteiger partial charge in [-0.2, -0.15) is 15.0 Å². The average molecular weight is 244 g/mol. The molecule has 3 N–H and O–H groups in total. The molecule has 0 aliphatic carbocycles. The lowest BCUT2D eigenvalue weighted by molar-refractivity contribution is 0.274. The van der Waals surface area contributed by atoms with E-state index in [1.807, 2.05) is 0 Å². The van der Waals surface area contributed by atoms with Crippen LogP contribution >= 0.6 is 11.6 Å². The Kier molecular flexibility index (Phi) is 3.91.